The van der Waals surface area contributed by atoms with Crippen LogP contribution in [0.25, 0.3) is 0 Å². The van der Waals surface area contributed by atoms with E-state index in [4.69, 9.17) is 16.0 Å². The average Bonchev–Trinajstić information content (AvgIpc) is 2.66. The number of nitrogens with one attached hydrogen (secondary N) is 1. The molecule has 0 bridgehead atoms. The third kappa shape index (κ3) is 2.16. The zero-order valence-corrected chi connectivity index (χ0v) is 8.36. The van der Waals surface area contributed by atoms with Gasteiger partial charge in [-0.1, -0.05) is 0 Å². The van der Waals surface area contributed by atoms with Crippen molar-refractivity contribution in [2.24, 2.45) is 0 Å². The summed E-state index contributed by atoms with van der Waals surface area (Å²) in [6.07, 6.45) is 4.54. The van der Waals surface area contributed by atoms with Gasteiger partial charge in [0.15, 0.2) is 0 Å². The summed E-state index contributed by atoms with van der Waals surface area (Å²) in [6, 6.07) is 4.89. The Morgan fingerprint density at radius 1 is 1.33 bits per heavy atom. The molecule has 2 aromatic heterocycles. The zero-order chi connectivity index (χ0) is 10.7. The van der Waals surface area contributed by atoms with E-state index in [1.807, 2.05) is 0 Å². The third-order valence-electron chi connectivity index (χ3n) is 1.80. The molecule has 0 aliphatic rings. The lowest BCUT2D eigenvalue weighted by atomic mass is 10.3. The SMILES string of the molecule is O=C(Nc1ccncc1)c1ccoc1Cl. The van der Waals surface area contributed by atoms with Crippen LogP contribution in [0.3, 0.4) is 0 Å². The molecular weight excluding hydrogens is 216 g/mol. The molecule has 76 valence electrons. The Labute approximate surface area is 90.9 Å². The van der Waals surface area contributed by atoms with E-state index in [0.29, 0.717) is 11.3 Å². The molecule has 0 spiro atoms. The van der Waals surface area contributed by atoms with Gasteiger partial charge in [-0.05, 0) is 29.8 Å². The summed E-state index contributed by atoms with van der Waals surface area (Å²) < 4.78 is 4.82. The minimum absolute atomic E-state index is 0.0848. The maximum atomic E-state index is 11.6. The molecule has 5 heteroatoms. The Kier molecular flexibility index (Phi) is 2.69. The van der Waals surface area contributed by atoms with Crippen LogP contribution in [-0.4, -0.2) is 10.9 Å². The summed E-state index contributed by atoms with van der Waals surface area (Å²) in [6.45, 7) is 0. The standard InChI is InChI=1S/C10H7ClN2O2/c11-9-8(3-6-15-9)10(14)13-7-1-4-12-5-2-7/h1-6H,(H,12,13,14). The summed E-state index contributed by atoms with van der Waals surface area (Å²) in [4.78, 5) is 15.5. The number of carbonyl (C=O) groups is 1. The van der Waals surface area contributed by atoms with Crippen LogP contribution in [-0.2, 0) is 0 Å². The Morgan fingerprint density at radius 2 is 2.07 bits per heavy atom. The molecule has 1 amide bonds. The van der Waals surface area contributed by atoms with Crippen LogP contribution >= 0.6 is 11.6 Å². The molecule has 0 radical (unpaired) electrons. The smallest absolute Gasteiger partial charge is 0.260 e. The van der Waals surface area contributed by atoms with Crippen molar-refractivity contribution >= 4 is 23.2 Å². The molecule has 0 aromatic carbocycles. The second-order valence-corrected chi connectivity index (χ2v) is 3.14. The molecular formula is C10H7ClN2O2. The lowest BCUT2D eigenvalue weighted by molar-refractivity contribution is 0.102. The van der Waals surface area contributed by atoms with Crippen molar-refractivity contribution in [3.63, 3.8) is 0 Å². The molecule has 0 atom stereocenters. The van der Waals surface area contributed by atoms with Gasteiger partial charge in [-0.3, -0.25) is 9.78 Å². The van der Waals surface area contributed by atoms with Crippen LogP contribution in [0.1, 0.15) is 10.4 Å². The number of nitrogens with zero attached hydrogens (tertiary/aromatic N) is 1. The zero-order valence-electron chi connectivity index (χ0n) is 7.61. The van der Waals surface area contributed by atoms with E-state index < -0.39 is 0 Å². The highest BCUT2D eigenvalue weighted by Crippen LogP contribution is 2.18. The van der Waals surface area contributed by atoms with E-state index in [9.17, 15) is 4.79 Å². The number of hydrogen-bond acceptors (Lipinski definition) is 3. The number of carbonyl (C=O) groups excluding carboxylic acids is 1. The van der Waals surface area contributed by atoms with Gasteiger partial charge >= 0.3 is 0 Å². The second kappa shape index (κ2) is 4.14. The fourth-order valence-corrected chi connectivity index (χ4v) is 1.29. The van der Waals surface area contributed by atoms with E-state index in [0.717, 1.165) is 0 Å². The first-order chi connectivity index (χ1) is 7.27. The summed E-state index contributed by atoms with van der Waals surface area (Å²) in [5, 5.41) is 2.75. The highest BCUT2D eigenvalue weighted by atomic mass is 35.5. The monoisotopic (exact) mass is 222 g/mol. The minimum atomic E-state index is -0.306. The van der Waals surface area contributed by atoms with Crippen LogP contribution < -0.4 is 5.32 Å². The Hall–Kier alpha value is -1.81. The van der Waals surface area contributed by atoms with Gasteiger partial charge < -0.3 is 9.73 Å². The molecule has 0 unspecified atom stereocenters. The quantitative estimate of drug-likeness (QED) is 0.850. The first kappa shape index (κ1) is 9.73. The molecule has 2 rings (SSSR count). The molecule has 0 aliphatic carbocycles. The molecule has 0 saturated carbocycles. The van der Waals surface area contributed by atoms with Gasteiger partial charge in [0.2, 0.25) is 5.22 Å². The van der Waals surface area contributed by atoms with Crippen molar-refractivity contribution in [1.29, 1.82) is 0 Å². The third-order valence-corrected chi connectivity index (χ3v) is 2.09. The maximum Gasteiger partial charge on any atom is 0.260 e. The highest BCUT2D eigenvalue weighted by Gasteiger charge is 2.12. The van der Waals surface area contributed by atoms with Crippen LogP contribution in [0.4, 0.5) is 5.69 Å². The first-order valence-electron chi connectivity index (χ1n) is 4.22. The van der Waals surface area contributed by atoms with Gasteiger partial charge in [-0.25, -0.2) is 0 Å². The molecule has 2 heterocycles. The van der Waals surface area contributed by atoms with Crippen LogP contribution in [0.15, 0.2) is 41.3 Å². The van der Waals surface area contributed by atoms with Gasteiger partial charge in [0.1, 0.15) is 0 Å². The molecule has 4 nitrogen and oxygen atoms in total. The number of aromatic nitrogens is 1. The van der Waals surface area contributed by atoms with Crippen LogP contribution in [0, 0.1) is 0 Å². The summed E-state index contributed by atoms with van der Waals surface area (Å²) in [7, 11) is 0. The summed E-state index contributed by atoms with van der Waals surface area (Å²) in [5.41, 5.74) is 0.973. The van der Waals surface area contributed by atoms with Crippen molar-refractivity contribution in [2.45, 2.75) is 0 Å². The van der Waals surface area contributed by atoms with Crippen LogP contribution in [0.5, 0.6) is 0 Å². The van der Waals surface area contributed by atoms with Crippen molar-refractivity contribution in [1.82, 2.24) is 4.98 Å². The second-order valence-electron chi connectivity index (χ2n) is 2.80. The van der Waals surface area contributed by atoms with Gasteiger partial charge in [-0.15, -0.1) is 0 Å². The first-order valence-corrected chi connectivity index (χ1v) is 4.59. The molecule has 0 saturated heterocycles. The lowest BCUT2D eigenvalue weighted by Crippen LogP contribution is -2.11. The van der Waals surface area contributed by atoms with E-state index >= 15 is 0 Å². The fourth-order valence-electron chi connectivity index (χ4n) is 1.09. The minimum Gasteiger partial charge on any atom is -0.452 e. The Bertz CT molecular complexity index is 467. The molecule has 15 heavy (non-hydrogen) atoms. The Morgan fingerprint density at radius 3 is 2.67 bits per heavy atom. The van der Waals surface area contributed by atoms with Gasteiger partial charge in [0.05, 0.1) is 11.8 Å². The van der Waals surface area contributed by atoms with Crippen molar-refractivity contribution in [3.05, 3.63) is 47.6 Å². The van der Waals surface area contributed by atoms with E-state index in [-0.39, 0.29) is 11.1 Å². The molecule has 1 N–H and O–H groups in total. The van der Waals surface area contributed by atoms with Crippen molar-refractivity contribution in [3.8, 4) is 0 Å². The topological polar surface area (TPSA) is 55.1 Å². The molecule has 0 fully saturated rings. The van der Waals surface area contributed by atoms with E-state index in [1.165, 1.54) is 12.3 Å². The largest absolute Gasteiger partial charge is 0.452 e. The van der Waals surface area contributed by atoms with Gasteiger partial charge in [0.25, 0.3) is 5.91 Å². The van der Waals surface area contributed by atoms with Gasteiger partial charge in [-0.2, -0.15) is 0 Å². The molecule has 2 aromatic rings. The number of rotatable bonds is 2. The fraction of sp³-hybridized carbons (Fsp3) is 0. The lowest BCUT2D eigenvalue weighted by Gasteiger charge is -2.02. The number of hydrogen-bond donors (Lipinski definition) is 1. The van der Waals surface area contributed by atoms with E-state index in [2.05, 4.69) is 10.3 Å². The normalized spacial score (nSPS) is 9.93. The predicted octanol–water partition coefficient (Wildman–Crippen LogP) is 2.58. The van der Waals surface area contributed by atoms with Gasteiger partial charge in [0, 0.05) is 18.1 Å². The summed E-state index contributed by atoms with van der Waals surface area (Å²) >= 11 is 5.66. The number of furan rings is 1. The number of halogens is 1. The number of pyridine rings is 1. The summed E-state index contributed by atoms with van der Waals surface area (Å²) in [5.74, 6) is -0.306. The van der Waals surface area contributed by atoms with Crippen LogP contribution in [0.2, 0.25) is 5.22 Å². The molecule has 0 aliphatic heterocycles. The van der Waals surface area contributed by atoms with Crippen molar-refractivity contribution in [2.75, 3.05) is 5.32 Å². The number of anilines is 1. The number of amides is 1. The Balaban J connectivity index is 2.15. The predicted molar refractivity (Wildman–Crippen MR) is 55.9 cm³/mol. The average molecular weight is 223 g/mol. The highest BCUT2D eigenvalue weighted by molar-refractivity contribution is 6.32. The maximum absolute atomic E-state index is 11.6. The van der Waals surface area contributed by atoms with Crippen molar-refractivity contribution < 1.29 is 9.21 Å². The van der Waals surface area contributed by atoms with E-state index in [1.54, 1.807) is 24.5 Å².